The molecule has 5 nitrogen and oxygen atoms in total. The van der Waals surface area contributed by atoms with Crippen molar-refractivity contribution in [3.63, 3.8) is 0 Å². The third kappa shape index (κ3) is 2.37. The normalized spacial score (nSPS) is 27.6. The highest BCUT2D eigenvalue weighted by atomic mass is 16.5. The number of nitrogen functional groups attached to an aromatic ring is 1. The molecule has 1 saturated carbocycles. The van der Waals surface area contributed by atoms with Crippen molar-refractivity contribution in [2.45, 2.75) is 39.2 Å². The highest BCUT2D eigenvalue weighted by molar-refractivity contribution is 5.52. The van der Waals surface area contributed by atoms with Gasteiger partial charge in [-0.05, 0) is 31.1 Å². The maximum atomic E-state index is 6.05. The Balaban J connectivity index is 1.83. The van der Waals surface area contributed by atoms with E-state index in [2.05, 4.69) is 23.8 Å². The van der Waals surface area contributed by atoms with Gasteiger partial charge in [0.25, 0.3) is 5.88 Å². The third-order valence-corrected chi connectivity index (χ3v) is 4.19. The fourth-order valence-electron chi connectivity index (χ4n) is 2.76. The summed E-state index contributed by atoms with van der Waals surface area (Å²) in [7, 11) is 0. The summed E-state index contributed by atoms with van der Waals surface area (Å²) in [6, 6.07) is 0. The molecular weight excluding hydrogens is 240 g/mol. The van der Waals surface area contributed by atoms with Gasteiger partial charge in [0.1, 0.15) is 11.9 Å². The Kier molecular flexibility index (Phi) is 3.05. The van der Waals surface area contributed by atoms with Gasteiger partial charge in [-0.2, -0.15) is 4.98 Å². The summed E-state index contributed by atoms with van der Waals surface area (Å²) in [5.74, 6) is 2.48. The van der Waals surface area contributed by atoms with Crippen LogP contribution in [0.15, 0.2) is 18.6 Å². The summed E-state index contributed by atoms with van der Waals surface area (Å²) < 4.78 is 7.91. The van der Waals surface area contributed by atoms with Crippen LogP contribution in [0.3, 0.4) is 0 Å². The van der Waals surface area contributed by atoms with E-state index in [1.165, 1.54) is 6.42 Å². The summed E-state index contributed by atoms with van der Waals surface area (Å²) in [5, 5.41) is 0. The lowest BCUT2D eigenvalue weighted by Gasteiger charge is -2.31. The van der Waals surface area contributed by atoms with Crippen LogP contribution >= 0.6 is 0 Å². The lowest BCUT2D eigenvalue weighted by molar-refractivity contribution is 0.0975. The molecule has 2 N–H and O–H groups in total. The van der Waals surface area contributed by atoms with Crippen molar-refractivity contribution in [2.75, 3.05) is 5.73 Å². The molecule has 0 aliphatic heterocycles. The zero-order valence-corrected chi connectivity index (χ0v) is 11.4. The van der Waals surface area contributed by atoms with Crippen molar-refractivity contribution in [1.82, 2.24) is 14.4 Å². The predicted molar refractivity (Wildman–Crippen MR) is 74.0 cm³/mol. The first-order valence-electron chi connectivity index (χ1n) is 6.89. The van der Waals surface area contributed by atoms with Gasteiger partial charge in [0, 0.05) is 12.4 Å². The van der Waals surface area contributed by atoms with E-state index < -0.39 is 0 Å². The Hall–Kier alpha value is -1.78. The fourth-order valence-corrected chi connectivity index (χ4v) is 2.76. The second-order valence-electron chi connectivity index (χ2n) is 5.64. The van der Waals surface area contributed by atoms with Crippen molar-refractivity contribution in [2.24, 2.45) is 11.8 Å². The number of anilines is 1. The highest BCUT2D eigenvalue weighted by Gasteiger charge is 2.26. The quantitative estimate of drug-likeness (QED) is 0.901. The molecule has 3 unspecified atom stereocenters. The van der Waals surface area contributed by atoms with E-state index in [0.29, 0.717) is 17.6 Å². The molecular formula is C14H20N4O. The monoisotopic (exact) mass is 260 g/mol. The molecule has 3 rings (SSSR count). The molecule has 3 atom stereocenters. The van der Waals surface area contributed by atoms with Crippen molar-refractivity contribution >= 4 is 11.5 Å². The first-order valence-corrected chi connectivity index (χ1v) is 6.89. The number of aromatic nitrogens is 3. The zero-order valence-electron chi connectivity index (χ0n) is 11.4. The van der Waals surface area contributed by atoms with Crippen molar-refractivity contribution < 1.29 is 4.74 Å². The summed E-state index contributed by atoms with van der Waals surface area (Å²) in [5.41, 5.74) is 6.54. The molecule has 0 saturated heterocycles. The molecule has 102 valence electrons. The standard InChI is InChI=1S/C14H20N4O/c1-9-3-4-11(7-10(9)2)19-14-13-16-5-6-18(13)8-12(15)17-14/h5-6,8-11H,3-4,7,15H2,1-2H3. The van der Waals surface area contributed by atoms with Crippen molar-refractivity contribution in [3.8, 4) is 5.88 Å². The molecule has 0 radical (unpaired) electrons. The predicted octanol–water partition coefficient (Wildman–Crippen LogP) is 2.52. The minimum atomic E-state index is 0.223. The molecule has 2 heterocycles. The zero-order chi connectivity index (χ0) is 13.4. The minimum Gasteiger partial charge on any atom is -0.472 e. The van der Waals surface area contributed by atoms with Gasteiger partial charge in [-0.1, -0.05) is 13.8 Å². The summed E-state index contributed by atoms with van der Waals surface area (Å²) in [6.45, 7) is 4.60. The average Bonchev–Trinajstić information content (AvgIpc) is 2.82. The molecule has 1 aliphatic rings. The van der Waals surface area contributed by atoms with Crippen LogP contribution in [-0.2, 0) is 0 Å². The van der Waals surface area contributed by atoms with E-state index >= 15 is 0 Å². The fraction of sp³-hybridized carbons (Fsp3) is 0.571. The van der Waals surface area contributed by atoms with Gasteiger partial charge in [-0.15, -0.1) is 0 Å². The van der Waals surface area contributed by atoms with Crippen LogP contribution in [-0.4, -0.2) is 20.5 Å². The number of fused-ring (bicyclic) bond motifs is 1. The van der Waals surface area contributed by atoms with Gasteiger partial charge in [-0.25, -0.2) is 4.98 Å². The maximum absolute atomic E-state index is 6.05. The van der Waals surface area contributed by atoms with Crippen LogP contribution in [0.2, 0.25) is 0 Å². The van der Waals surface area contributed by atoms with Gasteiger partial charge in [0.05, 0.1) is 6.20 Å². The molecule has 0 amide bonds. The van der Waals surface area contributed by atoms with E-state index in [9.17, 15) is 0 Å². The van der Waals surface area contributed by atoms with Crippen molar-refractivity contribution in [1.29, 1.82) is 0 Å². The Morgan fingerprint density at radius 3 is 2.95 bits per heavy atom. The molecule has 2 aromatic rings. The summed E-state index contributed by atoms with van der Waals surface area (Å²) >= 11 is 0. The number of rotatable bonds is 2. The van der Waals surface area contributed by atoms with Crippen LogP contribution in [0, 0.1) is 11.8 Å². The van der Waals surface area contributed by atoms with E-state index in [1.807, 2.05) is 10.6 Å². The second kappa shape index (κ2) is 4.72. The van der Waals surface area contributed by atoms with Gasteiger partial charge < -0.3 is 10.5 Å². The van der Waals surface area contributed by atoms with Crippen molar-refractivity contribution in [3.05, 3.63) is 18.6 Å². The molecule has 19 heavy (non-hydrogen) atoms. The molecule has 2 aromatic heterocycles. The lowest BCUT2D eigenvalue weighted by Crippen LogP contribution is -2.29. The first kappa shape index (κ1) is 12.3. The van der Waals surface area contributed by atoms with Crippen LogP contribution < -0.4 is 10.5 Å². The largest absolute Gasteiger partial charge is 0.472 e. The second-order valence-corrected chi connectivity index (χ2v) is 5.64. The Labute approximate surface area is 112 Å². The maximum Gasteiger partial charge on any atom is 0.260 e. The number of nitrogens with two attached hydrogens (primary N) is 1. The molecule has 5 heteroatoms. The van der Waals surface area contributed by atoms with Crippen LogP contribution in [0.1, 0.15) is 33.1 Å². The molecule has 0 aromatic carbocycles. The van der Waals surface area contributed by atoms with E-state index in [1.54, 1.807) is 12.4 Å². The van der Waals surface area contributed by atoms with E-state index in [-0.39, 0.29) is 6.10 Å². The summed E-state index contributed by atoms with van der Waals surface area (Å²) in [6.07, 6.45) is 8.92. The number of ether oxygens (including phenoxy) is 1. The van der Waals surface area contributed by atoms with Gasteiger partial charge in [0.15, 0.2) is 0 Å². The minimum absolute atomic E-state index is 0.223. The third-order valence-electron chi connectivity index (χ3n) is 4.19. The Bertz CT molecular complexity index is 580. The smallest absolute Gasteiger partial charge is 0.260 e. The Morgan fingerprint density at radius 1 is 1.32 bits per heavy atom. The molecule has 0 bridgehead atoms. The van der Waals surface area contributed by atoms with Gasteiger partial charge in [-0.3, -0.25) is 4.40 Å². The van der Waals surface area contributed by atoms with Crippen LogP contribution in [0.4, 0.5) is 5.82 Å². The topological polar surface area (TPSA) is 65.4 Å². The molecule has 0 spiro atoms. The van der Waals surface area contributed by atoms with Gasteiger partial charge in [0.2, 0.25) is 5.65 Å². The van der Waals surface area contributed by atoms with Crippen LogP contribution in [0.5, 0.6) is 5.88 Å². The highest BCUT2D eigenvalue weighted by Crippen LogP contribution is 2.32. The first-order chi connectivity index (χ1) is 9.13. The SMILES string of the molecule is CC1CCC(Oc2nc(N)cn3ccnc23)CC1C. The van der Waals surface area contributed by atoms with Crippen LogP contribution in [0.25, 0.3) is 5.65 Å². The number of nitrogens with zero attached hydrogens (tertiary/aromatic N) is 3. The number of hydrogen-bond donors (Lipinski definition) is 1. The van der Waals surface area contributed by atoms with E-state index in [0.717, 1.165) is 24.4 Å². The number of hydrogen-bond acceptors (Lipinski definition) is 4. The molecule has 1 fully saturated rings. The number of imidazole rings is 1. The van der Waals surface area contributed by atoms with E-state index in [4.69, 9.17) is 10.5 Å². The average molecular weight is 260 g/mol. The van der Waals surface area contributed by atoms with Gasteiger partial charge >= 0.3 is 0 Å². The lowest BCUT2D eigenvalue weighted by atomic mass is 9.80. The summed E-state index contributed by atoms with van der Waals surface area (Å²) in [4.78, 5) is 8.56. The Morgan fingerprint density at radius 2 is 2.16 bits per heavy atom. The molecule has 1 aliphatic carbocycles.